The molecule has 3 N–H and O–H groups in total. The van der Waals surface area contributed by atoms with E-state index in [0.717, 1.165) is 6.42 Å². The molecule has 0 saturated carbocycles. The van der Waals surface area contributed by atoms with Crippen LogP contribution in [0, 0.1) is 11.7 Å². The maximum Gasteiger partial charge on any atom is 0.129 e. The van der Waals surface area contributed by atoms with Gasteiger partial charge in [0, 0.05) is 11.5 Å². The van der Waals surface area contributed by atoms with Crippen LogP contribution in [-0.2, 0) is 5.60 Å². The monoisotopic (exact) mass is 225 g/mol. The molecule has 2 atom stereocenters. The highest BCUT2D eigenvalue weighted by atomic mass is 19.1. The van der Waals surface area contributed by atoms with E-state index in [1.807, 2.05) is 13.8 Å². The van der Waals surface area contributed by atoms with E-state index < -0.39 is 5.60 Å². The molecular weight excluding hydrogens is 205 g/mol. The van der Waals surface area contributed by atoms with Gasteiger partial charge >= 0.3 is 0 Å². The van der Waals surface area contributed by atoms with E-state index in [1.165, 1.54) is 6.07 Å². The van der Waals surface area contributed by atoms with E-state index in [-0.39, 0.29) is 11.7 Å². The van der Waals surface area contributed by atoms with Crippen molar-refractivity contribution in [1.29, 1.82) is 0 Å². The highest BCUT2D eigenvalue weighted by Crippen LogP contribution is 2.35. The standard InChI is InChI=1S/C13H20FNO/c1-3-10(9-15)13(16,4-2)11-7-5-6-8-12(11)14/h5-8,10,16H,3-4,9,15H2,1-2H3. The molecule has 0 amide bonds. The number of rotatable bonds is 5. The van der Waals surface area contributed by atoms with Crippen molar-refractivity contribution in [2.75, 3.05) is 6.54 Å². The van der Waals surface area contributed by atoms with Crippen molar-refractivity contribution in [3.05, 3.63) is 35.6 Å². The molecule has 0 aliphatic heterocycles. The van der Waals surface area contributed by atoms with Gasteiger partial charge in [-0.1, -0.05) is 32.0 Å². The van der Waals surface area contributed by atoms with Crippen molar-refractivity contribution in [2.24, 2.45) is 11.7 Å². The normalized spacial score (nSPS) is 16.8. The van der Waals surface area contributed by atoms with Gasteiger partial charge in [0.05, 0.1) is 5.60 Å². The molecule has 2 nitrogen and oxygen atoms in total. The summed E-state index contributed by atoms with van der Waals surface area (Å²) in [5.41, 5.74) is 4.85. The Morgan fingerprint density at radius 1 is 1.38 bits per heavy atom. The van der Waals surface area contributed by atoms with Crippen LogP contribution in [-0.4, -0.2) is 11.7 Å². The van der Waals surface area contributed by atoms with Gasteiger partial charge in [0.15, 0.2) is 0 Å². The van der Waals surface area contributed by atoms with Crippen molar-refractivity contribution < 1.29 is 9.50 Å². The van der Waals surface area contributed by atoms with Crippen LogP contribution in [0.4, 0.5) is 4.39 Å². The van der Waals surface area contributed by atoms with Crippen LogP contribution in [0.3, 0.4) is 0 Å². The number of nitrogens with two attached hydrogens (primary N) is 1. The molecule has 0 spiro atoms. The summed E-state index contributed by atoms with van der Waals surface area (Å²) in [6, 6.07) is 6.37. The third kappa shape index (κ3) is 2.25. The first kappa shape index (κ1) is 13.1. The molecule has 0 saturated heterocycles. The Morgan fingerprint density at radius 2 is 2.00 bits per heavy atom. The third-order valence-corrected chi connectivity index (χ3v) is 3.33. The molecule has 0 fully saturated rings. The second kappa shape index (κ2) is 5.41. The summed E-state index contributed by atoms with van der Waals surface area (Å²) < 4.78 is 13.7. The van der Waals surface area contributed by atoms with Gasteiger partial charge in [-0.15, -0.1) is 0 Å². The van der Waals surface area contributed by atoms with Crippen LogP contribution in [0.15, 0.2) is 24.3 Å². The number of aliphatic hydroxyl groups is 1. The lowest BCUT2D eigenvalue weighted by Crippen LogP contribution is -2.39. The molecule has 1 aromatic rings. The van der Waals surface area contributed by atoms with E-state index in [2.05, 4.69) is 0 Å². The molecule has 0 aliphatic rings. The summed E-state index contributed by atoms with van der Waals surface area (Å²) in [6.07, 6.45) is 1.19. The van der Waals surface area contributed by atoms with E-state index in [0.29, 0.717) is 18.5 Å². The molecule has 0 bridgehead atoms. The van der Waals surface area contributed by atoms with Gasteiger partial charge in [0.1, 0.15) is 5.82 Å². The number of hydrogen-bond donors (Lipinski definition) is 2. The first-order valence-corrected chi connectivity index (χ1v) is 5.77. The Balaban J connectivity index is 3.18. The van der Waals surface area contributed by atoms with Crippen molar-refractivity contribution in [1.82, 2.24) is 0 Å². The summed E-state index contributed by atoms with van der Waals surface area (Å²) in [6.45, 7) is 4.17. The minimum Gasteiger partial charge on any atom is -0.385 e. The maximum atomic E-state index is 13.7. The minimum atomic E-state index is -1.16. The van der Waals surface area contributed by atoms with Gasteiger partial charge in [-0.2, -0.15) is 0 Å². The van der Waals surface area contributed by atoms with Crippen LogP contribution < -0.4 is 5.73 Å². The van der Waals surface area contributed by atoms with Gasteiger partial charge < -0.3 is 10.8 Å². The summed E-state index contributed by atoms with van der Waals surface area (Å²) in [4.78, 5) is 0. The number of hydrogen-bond acceptors (Lipinski definition) is 2. The van der Waals surface area contributed by atoms with Crippen molar-refractivity contribution in [3.8, 4) is 0 Å². The summed E-state index contributed by atoms with van der Waals surface area (Å²) >= 11 is 0. The highest BCUT2D eigenvalue weighted by Gasteiger charge is 2.36. The van der Waals surface area contributed by atoms with Crippen molar-refractivity contribution in [2.45, 2.75) is 32.3 Å². The highest BCUT2D eigenvalue weighted by molar-refractivity contribution is 5.25. The van der Waals surface area contributed by atoms with E-state index in [9.17, 15) is 9.50 Å². The van der Waals surface area contributed by atoms with Crippen molar-refractivity contribution >= 4 is 0 Å². The zero-order valence-corrected chi connectivity index (χ0v) is 9.91. The zero-order chi connectivity index (χ0) is 12.2. The number of benzene rings is 1. The van der Waals surface area contributed by atoms with Crippen LogP contribution in [0.5, 0.6) is 0 Å². The molecule has 2 unspecified atom stereocenters. The largest absolute Gasteiger partial charge is 0.385 e. The number of halogens is 1. The molecule has 90 valence electrons. The maximum absolute atomic E-state index is 13.7. The van der Waals surface area contributed by atoms with Crippen LogP contribution in [0.2, 0.25) is 0 Å². The molecule has 16 heavy (non-hydrogen) atoms. The first-order valence-electron chi connectivity index (χ1n) is 5.77. The molecule has 1 aromatic carbocycles. The van der Waals surface area contributed by atoms with E-state index in [4.69, 9.17) is 5.73 Å². The van der Waals surface area contributed by atoms with Crippen molar-refractivity contribution in [3.63, 3.8) is 0 Å². The smallest absolute Gasteiger partial charge is 0.129 e. The van der Waals surface area contributed by atoms with E-state index >= 15 is 0 Å². The Hall–Kier alpha value is -0.930. The van der Waals surface area contributed by atoms with Crippen LogP contribution in [0.1, 0.15) is 32.3 Å². The topological polar surface area (TPSA) is 46.2 Å². The fraction of sp³-hybridized carbons (Fsp3) is 0.538. The average Bonchev–Trinajstić information content (AvgIpc) is 2.30. The molecule has 1 rings (SSSR count). The van der Waals surface area contributed by atoms with Crippen LogP contribution >= 0.6 is 0 Å². The lowest BCUT2D eigenvalue weighted by Gasteiger charge is -2.35. The molecule has 0 radical (unpaired) electrons. The van der Waals surface area contributed by atoms with E-state index in [1.54, 1.807) is 18.2 Å². The lowest BCUT2D eigenvalue weighted by molar-refractivity contribution is -0.0291. The Kier molecular flexibility index (Phi) is 4.44. The van der Waals surface area contributed by atoms with Gasteiger partial charge in [-0.05, 0) is 25.5 Å². The quantitative estimate of drug-likeness (QED) is 0.808. The molecule has 0 heterocycles. The average molecular weight is 225 g/mol. The fourth-order valence-corrected chi connectivity index (χ4v) is 2.21. The second-order valence-electron chi connectivity index (χ2n) is 4.10. The summed E-state index contributed by atoms with van der Waals surface area (Å²) in [5, 5.41) is 10.6. The van der Waals surface area contributed by atoms with Gasteiger partial charge in [-0.25, -0.2) is 4.39 Å². The SMILES string of the molecule is CCC(CN)C(O)(CC)c1ccccc1F. The van der Waals surface area contributed by atoms with Gasteiger partial charge in [-0.3, -0.25) is 0 Å². The van der Waals surface area contributed by atoms with Gasteiger partial charge in [0.2, 0.25) is 0 Å². The summed E-state index contributed by atoms with van der Waals surface area (Å²) in [5.74, 6) is -0.479. The Morgan fingerprint density at radius 3 is 2.44 bits per heavy atom. The van der Waals surface area contributed by atoms with Crippen LogP contribution in [0.25, 0.3) is 0 Å². The predicted molar refractivity (Wildman–Crippen MR) is 63.4 cm³/mol. The Bertz CT molecular complexity index is 338. The molecule has 0 aliphatic carbocycles. The first-order chi connectivity index (χ1) is 7.60. The Labute approximate surface area is 96.3 Å². The third-order valence-electron chi connectivity index (χ3n) is 3.33. The molecular formula is C13H20FNO. The molecule has 0 aromatic heterocycles. The minimum absolute atomic E-state index is 0.116. The second-order valence-corrected chi connectivity index (χ2v) is 4.10. The summed E-state index contributed by atoms with van der Waals surface area (Å²) in [7, 11) is 0. The van der Waals surface area contributed by atoms with Gasteiger partial charge in [0.25, 0.3) is 0 Å². The zero-order valence-electron chi connectivity index (χ0n) is 9.91. The lowest BCUT2D eigenvalue weighted by atomic mass is 9.77. The fourth-order valence-electron chi connectivity index (χ4n) is 2.21. The molecule has 3 heteroatoms. The predicted octanol–water partition coefficient (Wildman–Crippen LogP) is 2.41.